The highest BCUT2D eigenvalue weighted by molar-refractivity contribution is 7.88. The first-order valence-electron chi connectivity index (χ1n) is 8.10. The molecule has 1 unspecified atom stereocenters. The Labute approximate surface area is 148 Å². The second kappa shape index (κ2) is 7.21. The smallest absolute Gasteiger partial charge is 0.218 e. The molecule has 0 radical (unpaired) electrons. The Bertz CT molecular complexity index is 860. The molecule has 0 spiro atoms. The molecule has 130 valence electrons. The van der Waals surface area contributed by atoms with E-state index >= 15 is 0 Å². The number of likely N-dealkylation sites (N-methyl/N-ethyl adjacent to an activating group) is 1. The van der Waals surface area contributed by atoms with Crippen LogP contribution in [0.5, 0.6) is 0 Å². The van der Waals surface area contributed by atoms with Crippen molar-refractivity contribution in [2.24, 2.45) is 0 Å². The highest BCUT2D eigenvalue weighted by atomic mass is 32.2. The fourth-order valence-electron chi connectivity index (χ4n) is 3.03. The summed E-state index contributed by atoms with van der Waals surface area (Å²) in [5, 5.41) is 8.82. The number of hydrogen-bond donors (Lipinski definition) is 0. The maximum atomic E-state index is 12.7. The quantitative estimate of drug-likeness (QED) is 0.819. The van der Waals surface area contributed by atoms with E-state index in [1.54, 1.807) is 19.3 Å². The van der Waals surface area contributed by atoms with Gasteiger partial charge in [0.2, 0.25) is 10.0 Å². The van der Waals surface area contributed by atoms with Crippen LogP contribution >= 0.6 is 0 Å². The lowest BCUT2D eigenvalue weighted by molar-refractivity contribution is 0.389. The molecule has 1 saturated heterocycles. The SMILES string of the molecule is CN(C1CCN(c2ccc(C#N)nc2)C1)S(=O)(=O)Cc1ccccc1. The van der Waals surface area contributed by atoms with Crippen molar-refractivity contribution in [3.63, 3.8) is 0 Å². The lowest BCUT2D eigenvalue weighted by Gasteiger charge is -2.25. The Balaban J connectivity index is 1.67. The van der Waals surface area contributed by atoms with E-state index < -0.39 is 10.0 Å². The van der Waals surface area contributed by atoms with E-state index in [9.17, 15) is 8.42 Å². The fourth-order valence-corrected chi connectivity index (χ4v) is 4.47. The van der Waals surface area contributed by atoms with Crippen LogP contribution in [0.1, 0.15) is 17.7 Å². The van der Waals surface area contributed by atoms with E-state index in [0.717, 1.165) is 24.2 Å². The molecule has 1 atom stereocenters. The van der Waals surface area contributed by atoms with Gasteiger partial charge in [0, 0.05) is 26.2 Å². The molecule has 1 fully saturated rings. The molecular weight excluding hydrogens is 336 g/mol. The summed E-state index contributed by atoms with van der Waals surface area (Å²) in [4.78, 5) is 6.19. The van der Waals surface area contributed by atoms with Gasteiger partial charge in [-0.25, -0.2) is 13.4 Å². The number of sulfonamides is 1. The van der Waals surface area contributed by atoms with Gasteiger partial charge in [-0.1, -0.05) is 30.3 Å². The van der Waals surface area contributed by atoms with E-state index in [-0.39, 0.29) is 11.8 Å². The van der Waals surface area contributed by atoms with Crippen LogP contribution in [0.25, 0.3) is 0 Å². The van der Waals surface area contributed by atoms with Crippen molar-refractivity contribution in [3.8, 4) is 6.07 Å². The summed E-state index contributed by atoms with van der Waals surface area (Å²) < 4.78 is 26.8. The van der Waals surface area contributed by atoms with Gasteiger partial charge in [0.1, 0.15) is 11.8 Å². The van der Waals surface area contributed by atoms with Crippen molar-refractivity contribution < 1.29 is 8.42 Å². The molecule has 1 aromatic carbocycles. The molecule has 0 saturated carbocycles. The average molecular weight is 356 g/mol. The number of benzene rings is 1. The Hall–Kier alpha value is -2.43. The Morgan fingerprint density at radius 3 is 2.68 bits per heavy atom. The van der Waals surface area contributed by atoms with Crippen LogP contribution in [-0.2, 0) is 15.8 Å². The Kier molecular flexibility index (Phi) is 5.02. The maximum absolute atomic E-state index is 12.7. The molecule has 7 heteroatoms. The van der Waals surface area contributed by atoms with Crippen LogP contribution in [0, 0.1) is 11.3 Å². The van der Waals surface area contributed by atoms with Crippen LogP contribution in [0.4, 0.5) is 5.69 Å². The van der Waals surface area contributed by atoms with Crippen LogP contribution in [0.2, 0.25) is 0 Å². The standard InChI is InChI=1S/C18H20N4O2S/c1-21(25(23,24)14-15-5-3-2-4-6-15)18-9-10-22(13-18)17-8-7-16(11-19)20-12-17/h2-8,12,18H,9-10,13-14H2,1H3. The largest absolute Gasteiger partial charge is 0.369 e. The molecular formula is C18H20N4O2S. The molecule has 0 N–H and O–H groups in total. The van der Waals surface area contributed by atoms with Gasteiger partial charge in [-0.3, -0.25) is 0 Å². The van der Waals surface area contributed by atoms with Crippen LogP contribution in [0.15, 0.2) is 48.7 Å². The summed E-state index contributed by atoms with van der Waals surface area (Å²) in [6.45, 7) is 1.39. The molecule has 0 bridgehead atoms. The molecule has 1 aliphatic rings. The fraction of sp³-hybridized carbons (Fsp3) is 0.333. The monoisotopic (exact) mass is 356 g/mol. The first kappa shape index (κ1) is 17.4. The van der Waals surface area contributed by atoms with Crippen molar-refractivity contribution in [2.75, 3.05) is 25.0 Å². The van der Waals surface area contributed by atoms with Gasteiger partial charge in [0.05, 0.1) is 17.6 Å². The summed E-state index contributed by atoms with van der Waals surface area (Å²) in [5.41, 5.74) is 2.08. The van der Waals surface area contributed by atoms with Gasteiger partial charge in [-0.05, 0) is 24.1 Å². The van der Waals surface area contributed by atoms with Crippen molar-refractivity contribution in [3.05, 3.63) is 59.9 Å². The molecule has 2 heterocycles. The van der Waals surface area contributed by atoms with E-state index in [4.69, 9.17) is 5.26 Å². The first-order chi connectivity index (χ1) is 12.0. The number of pyridine rings is 1. The molecule has 1 aromatic heterocycles. The zero-order valence-corrected chi connectivity index (χ0v) is 14.9. The Morgan fingerprint density at radius 1 is 1.28 bits per heavy atom. The van der Waals surface area contributed by atoms with Gasteiger partial charge in [0.15, 0.2) is 0 Å². The highest BCUT2D eigenvalue weighted by Crippen LogP contribution is 2.24. The maximum Gasteiger partial charge on any atom is 0.218 e. The summed E-state index contributed by atoms with van der Waals surface area (Å²) in [7, 11) is -1.71. The predicted octanol–water partition coefficient (Wildman–Crippen LogP) is 1.99. The van der Waals surface area contributed by atoms with Gasteiger partial charge in [-0.2, -0.15) is 9.57 Å². The second-order valence-corrected chi connectivity index (χ2v) is 8.19. The first-order valence-corrected chi connectivity index (χ1v) is 9.71. The lowest BCUT2D eigenvalue weighted by Crippen LogP contribution is -2.39. The number of hydrogen-bond acceptors (Lipinski definition) is 5. The summed E-state index contributed by atoms with van der Waals surface area (Å²) in [6, 6.07) is 14.7. The normalized spacial score (nSPS) is 17.6. The van der Waals surface area contributed by atoms with Crippen molar-refractivity contribution >= 4 is 15.7 Å². The van der Waals surface area contributed by atoms with E-state index in [1.165, 1.54) is 4.31 Å². The number of rotatable bonds is 5. The average Bonchev–Trinajstić information content (AvgIpc) is 3.11. The molecule has 1 aliphatic heterocycles. The van der Waals surface area contributed by atoms with Crippen LogP contribution in [-0.4, -0.2) is 43.9 Å². The number of aromatic nitrogens is 1. The van der Waals surface area contributed by atoms with Crippen molar-refractivity contribution in [1.82, 2.24) is 9.29 Å². The zero-order valence-electron chi connectivity index (χ0n) is 14.0. The van der Waals surface area contributed by atoms with Crippen LogP contribution in [0.3, 0.4) is 0 Å². The lowest BCUT2D eigenvalue weighted by atomic mass is 10.2. The minimum atomic E-state index is -3.37. The number of nitrogens with zero attached hydrogens (tertiary/aromatic N) is 4. The summed E-state index contributed by atoms with van der Waals surface area (Å²) in [6.07, 6.45) is 2.43. The molecule has 2 aromatic rings. The molecule has 0 aliphatic carbocycles. The zero-order chi connectivity index (χ0) is 17.9. The molecule has 25 heavy (non-hydrogen) atoms. The highest BCUT2D eigenvalue weighted by Gasteiger charge is 2.32. The van der Waals surface area contributed by atoms with Crippen molar-refractivity contribution in [2.45, 2.75) is 18.2 Å². The molecule has 3 rings (SSSR count). The predicted molar refractivity (Wildman–Crippen MR) is 96.4 cm³/mol. The van der Waals surface area contributed by atoms with Gasteiger partial charge in [0.25, 0.3) is 0 Å². The van der Waals surface area contributed by atoms with E-state index in [0.29, 0.717) is 12.2 Å². The summed E-state index contributed by atoms with van der Waals surface area (Å²) >= 11 is 0. The molecule has 0 amide bonds. The number of anilines is 1. The van der Waals surface area contributed by atoms with Gasteiger partial charge in [-0.15, -0.1) is 0 Å². The third-order valence-electron chi connectivity index (χ3n) is 4.54. The van der Waals surface area contributed by atoms with Gasteiger partial charge < -0.3 is 4.90 Å². The van der Waals surface area contributed by atoms with Gasteiger partial charge >= 0.3 is 0 Å². The van der Waals surface area contributed by atoms with Crippen molar-refractivity contribution in [1.29, 1.82) is 5.26 Å². The van der Waals surface area contributed by atoms with Crippen LogP contribution < -0.4 is 4.90 Å². The van der Waals surface area contributed by atoms with E-state index in [2.05, 4.69) is 9.88 Å². The Morgan fingerprint density at radius 2 is 2.04 bits per heavy atom. The molecule has 6 nitrogen and oxygen atoms in total. The minimum Gasteiger partial charge on any atom is -0.369 e. The summed E-state index contributed by atoms with van der Waals surface area (Å²) in [5.74, 6) is 0.0132. The third kappa shape index (κ3) is 3.98. The third-order valence-corrected chi connectivity index (χ3v) is 6.41. The van der Waals surface area contributed by atoms with E-state index in [1.807, 2.05) is 42.5 Å². The number of nitriles is 1. The minimum absolute atomic E-state index is 0.0132. The second-order valence-electron chi connectivity index (χ2n) is 6.16. The topological polar surface area (TPSA) is 77.3 Å².